The maximum atomic E-state index is 11.7. The molecule has 1 N–H and O–H groups in total. The number of hydrogen-bond donors (Lipinski definition) is 1. The Kier molecular flexibility index (Phi) is 4.63. The number of rotatable bonds is 5. The van der Waals surface area contributed by atoms with Gasteiger partial charge in [0.2, 0.25) is 6.79 Å². The summed E-state index contributed by atoms with van der Waals surface area (Å²) in [7, 11) is 0. The molecule has 7 heteroatoms. The Morgan fingerprint density at radius 3 is 2.83 bits per heavy atom. The van der Waals surface area contributed by atoms with E-state index in [9.17, 15) is 4.79 Å². The highest BCUT2D eigenvalue weighted by Gasteiger charge is 2.14. The Hall–Kier alpha value is -2.73. The van der Waals surface area contributed by atoms with Gasteiger partial charge in [-0.25, -0.2) is 5.43 Å². The number of halogens is 1. The van der Waals surface area contributed by atoms with Gasteiger partial charge in [0.1, 0.15) is 5.75 Å². The molecule has 1 aliphatic rings. The van der Waals surface area contributed by atoms with Crippen LogP contribution in [-0.2, 0) is 4.79 Å². The number of hydrazone groups is 1. The summed E-state index contributed by atoms with van der Waals surface area (Å²) in [6.45, 7) is 0.0380. The fourth-order valence-corrected chi connectivity index (χ4v) is 2.00. The van der Waals surface area contributed by atoms with E-state index in [-0.39, 0.29) is 19.3 Å². The fraction of sp³-hybridized carbons (Fsp3) is 0.125. The molecular formula is C16H13ClN2O4. The third kappa shape index (κ3) is 4.14. The number of nitrogens with one attached hydrogen (secondary N) is 1. The molecule has 0 saturated carbocycles. The molecule has 0 unspecified atom stereocenters. The zero-order valence-electron chi connectivity index (χ0n) is 12.0. The van der Waals surface area contributed by atoms with Gasteiger partial charge in [0.25, 0.3) is 5.91 Å². The van der Waals surface area contributed by atoms with Crippen LogP contribution in [0.1, 0.15) is 5.56 Å². The highest BCUT2D eigenvalue weighted by atomic mass is 35.5. The Bertz CT molecular complexity index is 731. The van der Waals surface area contributed by atoms with Gasteiger partial charge >= 0.3 is 0 Å². The smallest absolute Gasteiger partial charge is 0.277 e. The van der Waals surface area contributed by atoms with Crippen molar-refractivity contribution in [1.82, 2.24) is 5.43 Å². The first-order chi connectivity index (χ1) is 11.2. The van der Waals surface area contributed by atoms with Crippen molar-refractivity contribution in [3.05, 3.63) is 53.1 Å². The number of benzene rings is 2. The van der Waals surface area contributed by atoms with Gasteiger partial charge < -0.3 is 14.2 Å². The minimum absolute atomic E-state index is 0.155. The van der Waals surface area contributed by atoms with Crippen molar-refractivity contribution in [3.63, 3.8) is 0 Å². The summed E-state index contributed by atoms with van der Waals surface area (Å²) in [6, 6.07) is 12.2. The van der Waals surface area contributed by atoms with Crippen LogP contribution < -0.4 is 19.6 Å². The summed E-state index contributed by atoms with van der Waals surface area (Å²) >= 11 is 5.78. The van der Waals surface area contributed by atoms with Crippen molar-refractivity contribution in [2.75, 3.05) is 13.4 Å². The van der Waals surface area contributed by atoms with Gasteiger partial charge in [0, 0.05) is 11.1 Å². The van der Waals surface area contributed by atoms with E-state index in [4.69, 9.17) is 25.8 Å². The van der Waals surface area contributed by atoms with Crippen molar-refractivity contribution >= 4 is 23.7 Å². The molecule has 23 heavy (non-hydrogen) atoms. The molecule has 118 valence electrons. The van der Waals surface area contributed by atoms with Gasteiger partial charge in [-0.3, -0.25) is 4.79 Å². The lowest BCUT2D eigenvalue weighted by Gasteiger charge is -2.05. The van der Waals surface area contributed by atoms with Crippen LogP contribution in [0.5, 0.6) is 17.2 Å². The predicted molar refractivity (Wildman–Crippen MR) is 85.2 cm³/mol. The minimum atomic E-state index is -0.368. The molecule has 1 aliphatic heterocycles. The van der Waals surface area contributed by atoms with Gasteiger partial charge in [0.05, 0.1) is 6.21 Å². The molecular weight excluding hydrogens is 320 g/mol. The number of carbonyl (C=O) groups excluding carboxylic acids is 1. The lowest BCUT2D eigenvalue weighted by Crippen LogP contribution is -2.24. The van der Waals surface area contributed by atoms with Crippen LogP contribution in [0, 0.1) is 0 Å². The molecule has 0 saturated heterocycles. The molecule has 0 bridgehead atoms. The van der Waals surface area contributed by atoms with E-state index >= 15 is 0 Å². The number of nitrogens with zero attached hydrogens (tertiary/aromatic N) is 1. The average Bonchev–Trinajstić information content (AvgIpc) is 3.02. The largest absolute Gasteiger partial charge is 0.484 e. The summed E-state index contributed by atoms with van der Waals surface area (Å²) in [5, 5.41) is 4.49. The predicted octanol–water partition coefficient (Wildman–Crippen LogP) is 2.60. The molecule has 1 amide bonds. The Morgan fingerprint density at radius 1 is 1.22 bits per heavy atom. The monoisotopic (exact) mass is 332 g/mol. The molecule has 0 aliphatic carbocycles. The second-order valence-corrected chi connectivity index (χ2v) is 5.08. The molecule has 3 rings (SSSR count). The second kappa shape index (κ2) is 7.02. The number of fused-ring (bicyclic) bond motifs is 1. The Labute approximate surface area is 137 Å². The fourth-order valence-electron chi connectivity index (χ4n) is 1.88. The van der Waals surface area contributed by atoms with Gasteiger partial charge in [-0.15, -0.1) is 0 Å². The van der Waals surface area contributed by atoms with Gasteiger partial charge in [0.15, 0.2) is 18.1 Å². The van der Waals surface area contributed by atoms with Crippen LogP contribution in [0.4, 0.5) is 0 Å². The standard InChI is InChI=1S/C16H13ClN2O4/c17-12-3-1-11(2-4-12)8-18-19-16(20)9-21-13-5-6-14-15(7-13)23-10-22-14/h1-8H,9-10H2,(H,19,20)/b18-8-. The summed E-state index contributed by atoms with van der Waals surface area (Å²) < 4.78 is 15.8. The van der Waals surface area contributed by atoms with Crippen LogP contribution >= 0.6 is 11.6 Å². The first-order valence-corrected chi connectivity index (χ1v) is 7.18. The maximum Gasteiger partial charge on any atom is 0.277 e. The maximum absolute atomic E-state index is 11.7. The van der Waals surface area contributed by atoms with Crippen molar-refractivity contribution < 1.29 is 19.0 Å². The molecule has 0 spiro atoms. The number of carbonyl (C=O) groups is 1. The quantitative estimate of drug-likeness (QED) is 0.675. The van der Waals surface area contributed by atoms with E-state index < -0.39 is 0 Å². The second-order valence-electron chi connectivity index (χ2n) is 4.65. The Balaban J connectivity index is 1.47. The van der Waals surface area contributed by atoms with Crippen LogP contribution in [0.2, 0.25) is 5.02 Å². The Morgan fingerprint density at radius 2 is 2.00 bits per heavy atom. The van der Waals surface area contributed by atoms with Crippen LogP contribution in [0.15, 0.2) is 47.6 Å². The first kappa shape index (κ1) is 15.2. The van der Waals surface area contributed by atoms with Crippen molar-refractivity contribution in [1.29, 1.82) is 0 Å². The average molecular weight is 333 g/mol. The highest BCUT2D eigenvalue weighted by molar-refractivity contribution is 6.30. The van der Waals surface area contributed by atoms with E-state index in [2.05, 4.69) is 10.5 Å². The van der Waals surface area contributed by atoms with Crippen molar-refractivity contribution in [2.45, 2.75) is 0 Å². The lowest BCUT2D eigenvalue weighted by atomic mass is 10.2. The molecule has 0 aromatic heterocycles. The topological polar surface area (TPSA) is 69.2 Å². The highest BCUT2D eigenvalue weighted by Crippen LogP contribution is 2.34. The molecule has 1 heterocycles. The van der Waals surface area contributed by atoms with E-state index in [1.165, 1.54) is 6.21 Å². The van der Waals surface area contributed by atoms with Crippen molar-refractivity contribution in [2.24, 2.45) is 5.10 Å². The van der Waals surface area contributed by atoms with Gasteiger partial charge in [-0.05, 0) is 29.8 Å². The van der Waals surface area contributed by atoms with Crippen LogP contribution in [0.3, 0.4) is 0 Å². The third-order valence-corrected chi connectivity index (χ3v) is 3.24. The molecule has 2 aromatic rings. The van der Waals surface area contributed by atoms with Crippen molar-refractivity contribution in [3.8, 4) is 17.2 Å². The SMILES string of the molecule is O=C(COc1ccc2c(c1)OCO2)N/N=C\c1ccc(Cl)cc1. The number of ether oxygens (including phenoxy) is 3. The van der Waals surface area contributed by atoms with E-state index in [1.807, 2.05) is 0 Å². The third-order valence-electron chi connectivity index (χ3n) is 2.99. The van der Waals surface area contributed by atoms with E-state index in [0.717, 1.165) is 5.56 Å². The molecule has 0 radical (unpaired) electrons. The molecule has 6 nitrogen and oxygen atoms in total. The number of amides is 1. The number of hydrogen-bond acceptors (Lipinski definition) is 5. The van der Waals surface area contributed by atoms with Gasteiger partial charge in [-0.2, -0.15) is 5.10 Å². The van der Waals surface area contributed by atoms with Crippen LogP contribution in [-0.4, -0.2) is 25.5 Å². The molecule has 0 atom stereocenters. The summed E-state index contributed by atoms with van der Waals surface area (Å²) in [5.41, 5.74) is 3.21. The summed E-state index contributed by atoms with van der Waals surface area (Å²) in [5.74, 6) is 1.41. The summed E-state index contributed by atoms with van der Waals surface area (Å²) in [4.78, 5) is 11.7. The zero-order chi connectivity index (χ0) is 16.1. The summed E-state index contributed by atoms with van der Waals surface area (Å²) in [6.07, 6.45) is 1.52. The molecule has 2 aromatic carbocycles. The first-order valence-electron chi connectivity index (χ1n) is 6.80. The van der Waals surface area contributed by atoms with Gasteiger partial charge in [-0.1, -0.05) is 23.7 Å². The van der Waals surface area contributed by atoms with Crippen LogP contribution in [0.25, 0.3) is 0 Å². The normalized spacial score (nSPS) is 12.4. The zero-order valence-corrected chi connectivity index (χ0v) is 12.7. The lowest BCUT2D eigenvalue weighted by molar-refractivity contribution is -0.123. The van der Waals surface area contributed by atoms with E-state index in [0.29, 0.717) is 22.3 Å². The molecule has 0 fully saturated rings. The minimum Gasteiger partial charge on any atom is -0.484 e. The van der Waals surface area contributed by atoms with E-state index in [1.54, 1.807) is 42.5 Å².